The van der Waals surface area contributed by atoms with Gasteiger partial charge in [-0.1, -0.05) is 40.0 Å². The molecule has 3 nitrogen and oxygen atoms in total. The van der Waals surface area contributed by atoms with Gasteiger partial charge in [-0.2, -0.15) is 0 Å². The molecule has 1 N–H and O–H groups in total. The van der Waals surface area contributed by atoms with Crippen LogP contribution in [0.25, 0.3) is 0 Å². The van der Waals surface area contributed by atoms with Crippen LogP contribution in [0, 0.1) is 11.8 Å². The van der Waals surface area contributed by atoms with Crippen LogP contribution in [-0.2, 0) is 4.79 Å². The van der Waals surface area contributed by atoms with Gasteiger partial charge in [0, 0.05) is 6.54 Å². The van der Waals surface area contributed by atoms with Gasteiger partial charge in [-0.3, -0.25) is 10.1 Å². The number of nitrogens with one attached hydrogen (secondary N) is 1. The summed E-state index contributed by atoms with van der Waals surface area (Å²) in [6.45, 7) is 7.64. The molecule has 1 aliphatic carbocycles. The van der Waals surface area contributed by atoms with Gasteiger partial charge in [-0.15, -0.1) is 0 Å². The fourth-order valence-corrected chi connectivity index (χ4v) is 3.77. The van der Waals surface area contributed by atoms with Crippen molar-refractivity contribution in [1.29, 1.82) is 0 Å². The zero-order valence-corrected chi connectivity index (χ0v) is 12.8. The highest BCUT2D eigenvalue weighted by molar-refractivity contribution is 5.84. The minimum Gasteiger partial charge on any atom is -0.326 e. The van der Waals surface area contributed by atoms with Crippen LogP contribution in [0.2, 0.25) is 0 Å². The zero-order valence-electron chi connectivity index (χ0n) is 12.8. The van der Waals surface area contributed by atoms with Crippen molar-refractivity contribution in [3.8, 4) is 0 Å². The van der Waals surface area contributed by atoms with Crippen molar-refractivity contribution in [2.75, 3.05) is 6.54 Å². The Morgan fingerprint density at radius 2 is 2.11 bits per heavy atom. The smallest absolute Gasteiger partial charge is 0.241 e. The standard InChI is InChI=1S/C16H30N2O/c1-4-7-15-17-14(5-2)16(19)18(15)11-13-9-6-8-12(3)10-13/h12-15,17H,4-11H2,1-3H3. The second-order valence-corrected chi connectivity index (χ2v) is 6.56. The Labute approximate surface area is 118 Å². The highest BCUT2D eigenvalue weighted by Crippen LogP contribution is 2.30. The molecule has 0 aromatic heterocycles. The van der Waals surface area contributed by atoms with Crippen molar-refractivity contribution < 1.29 is 4.79 Å². The molecule has 110 valence electrons. The molecule has 0 bridgehead atoms. The molecule has 0 aromatic carbocycles. The molecule has 1 aliphatic heterocycles. The van der Waals surface area contributed by atoms with Crippen LogP contribution in [0.15, 0.2) is 0 Å². The van der Waals surface area contributed by atoms with E-state index in [0.717, 1.165) is 37.6 Å². The predicted molar refractivity (Wildman–Crippen MR) is 78.7 cm³/mol. The molecule has 1 saturated heterocycles. The molecule has 0 spiro atoms. The maximum atomic E-state index is 12.4. The van der Waals surface area contributed by atoms with Crippen LogP contribution in [0.4, 0.5) is 0 Å². The van der Waals surface area contributed by atoms with Gasteiger partial charge in [0.05, 0.1) is 12.2 Å². The summed E-state index contributed by atoms with van der Waals surface area (Å²) in [7, 11) is 0. The van der Waals surface area contributed by atoms with Gasteiger partial charge in [-0.05, 0) is 37.5 Å². The van der Waals surface area contributed by atoms with Gasteiger partial charge in [0.1, 0.15) is 0 Å². The summed E-state index contributed by atoms with van der Waals surface area (Å²) < 4.78 is 0. The van der Waals surface area contributed by atoms with E-state index >= 15 is 0 Å². The first kappa shape index (κ1) is 14.8. The quantitative estimate of drug-likeness (QED) is 0.829. The molecular formula is C16H30N2O. The number of amides is 1. The van der Waals surface area contributed by atoms with E-state index < -0.39 is 0 Å². The normalized spacial score (nSPS) is 35.9. The lowest BCUT2D eigenvalue weighted by Crippen LogP contribution is -2.41. The van der Waals surface area contributed by atoms with Gasteiger partial charge in [0.2, 0.25) is 5.91 Å². The number of rotatable bonds is 5. The van der Waals surface area contributed by atoms with Gasteiger partial charge in [-0.25, -0.2) is 0 Å². The van der Waals surface area contributed by atoms with E-state index in [-0.39, 0.29) is 6.04 Å². The summed E-state index contributed by atoms with van der Waals surface area (Å²) in [5.41, 5.74) is 0. The predicted octanol–water partition coefficient (Wildman–Crippen LogP) is 3.15. The van der Waals surface area contributed by atoms with Crippen LogP contribution in [0.5, 0.6) is 0 Å². The van der Waals surface area contributed by atoms with Gasteiger partial charge in [0.15, 0.2) is 0 Å². The molecule has 1 heterocycles. The van der Waals surface area contributed by atoms with E-state index in [1.807, 2.05) is 0 Å². The third-order valence-electron chi connectivity index (χ3n) is 4.82. The summed E-state index contributed by atoms with van der Waals surface area (Å²) in [5, 5.41) is 3.52. The first-order chi connectivity index (χ1) is 9.15. The highest BCUT2D eigenvalue weighted by Gasteiger charge is 2.38. The lowest BCUT2D eigenvalue weighted by molar-refractivity contribution is -0.131. The van der Waals surface area contributed by atoms with Gasteiger partial charge in [0.25, 0.3) is 0 Å². The minimum atomic E-state index is 0.0672. The maximum Gasteiger partial charge on any atom is 0.241 e. The monoisotopic (exact) mass is 266 g/mol. The Morgan fingerprint density at radius 3 is 2.74 bits per heavy atom. The van der Waals surface area contributed by atoms with Crippen molar-refractivity contribution in [2.45, 2.75) is 77.9 Å². The molecular weight excluding hydrogens is 236 g/mol. The Morgan fingerprint density at radius 1 is 1.32 bits per heavy atom. The fourth-order valence-electron chi connectivity index (χ4n) is 3.77. The van der Waals surface area contributed by atoms with E-state index in [2.05, 4.69) is 31.0 Å². The molecule has 4 atom stereocenters. The van der Waals surface area contributed by atoms with Crippen molar-refractivity contribution in [1.82, 2.24) is 10.2 Å². The van der Waals surface area contributed by atoms with E-state index in [1.165, 1.54) is 25.7 Å². The Bertz CT molecular complexity index is 305. The average molecular weight is 266 g/mol. The molecule has 1 amide bonds. The SMILES string of the molecule is CCCC1NC(CC)C(=O)N1CC1CCCC(C)C1. The second-order valence-electron chi connectivity index (χ2n) is 6.56. The molecule has 19 heavy (non-hydrogen) atoms. The van der Waals surface area contributed by atoms with Crippen molar-refractivity contribution >= 4 is 5.91 Å². The largest absolute Gasteiger partial charge is 0.326 e. The first-order valence-electron chi connectivity index (χ1n) is 8.22. The summed E-state index contributed by atoms with van der Waals surface area (Å²) in [6, 6.07) is 0.0672. The molecule has 2 fully saturated rings. The number of carbonyl (C=O) groups excluding carboxylic acids is 1. The topological polar surface area (TPSA) is 32.3 Å². The number of hydrogen-bond donors (Lipinski definition) is 1. The third kappa shape index (κ3) is 3.50. The van der Waals surface area contributed by atoms with Crippen molar-refractivity contribution in [2.24, 2.45) is 11.8 Å². The molecule has 1 saturated carbocycles. The molecule has 0 radical (unpaired) electrons. The third-order valence-corrected chi connectivity index (χ3v) is 4.82. The van der Waals surface area contributed by atoms with Crippen LogP contribution < -0.4 is 5.32 Å². The summed E-state index contributed by atoms with van der Waals surface area (Å²) in [6.07, 6.45) is 8.76. The Kier molecular flexibility index (Phi) is 5.26. The Hall–Kier alpha value is -0.570. The molecule has 2 aliphatic rings. The summed E-state index contributed by atoms with van der Waals surface area (Å²) in [4.78, 5) is 14.6. The van der Waals surface area contributed by atoms with Crippen LogP contribution in [0.1, 0.15) is 65.7 Å². The lowest BCUT2D eigenvalue weighted by atomic mass is 9.82. The molecule has 3 heteroatoms. The fraction of sp³-hybridized carbons (Fsp3) is 0.938. The summed E-state index contributed by atoms with van der Waals surface area (Å²) >= 11 is 0. The molecule has 2 rings (SSSR count). The second kappa shape index (κ2) is 6.74. The molecule has 4 unspecified atom stereocenters. The molecule has 0 aromatic rings. The minimum absolute atomic E-state index is 0.0672. The average Bonchev–Trinajstić information content (AvgIpc) is 2.68. The van der Waals surface area contributed by atoms with Crippen molar-refractivity contribution in [3.63, 3.8) is 0 Å². The highest BCUT2D eigenvalue weighted by atomic mass is 16.2. The maximum absolute atomic E-state index is 12.4. The first-order valence-corrected chi connectivity index (χ1v) is 8.22. The Balaban J connectivity index is 1.96. The van der Waals surface area contributed by atoms with E-state index in [9.17, 15) is 4.79 Å². The van der Waals surface area contributed by atoms with E-state index in [1.54, 1.807) is 0 Å². The number of carbonyl (C=O) groups is 1. The van der Waals surface area contributed by atoms with Crippen LogP contribution >= 0.6 is 0 Å². The number of hydrogen-bond acceptors (Lipinski definition) is 2. The number of nitrogens with zero attached hydrogens (tertiary/aromatic N) is 1. The van der Waals surface area contributed by atoms with Crippen molar-refractivity contribution in [3.05, 3.63) is 0 Å². The van der Waals surface area contributed by atoms with E-state index in [0.29, 0.717) is 12.1 Å². The van der Waals surface area contributed by atoms with Gasteiger partial charge < -0.3 is 4.90 Å². The lowest BCUT2D eigenvalue weighted by Gasteiger charge is -2.32. The van der Waals surface area contributed by atoms with Crippen LogP contribution in [-0.4, -0.2) is 29.6 Å². The van der Waals surface area contributed by atoms with Crippen LogP contribution in [0.3, 0.4) is 0 Å². The zero-order chi connectivity index (χ0) is 13.8. The van der Waals surface area contributed by atoms with E-state index in [4.69, 9.17) is 0 Å². The van der Waals surface area contributed by atoms with Gasteiger partial charge >= 0.3 is 0 Å². The summed E-state index contributed by atoms with van der Waals surface area (Å²) in [5.74, 6) is 1.92.